The normalized spacial score (nSPS) is 11.4. The van der Waals surface area contributed by atoms with Crippen LogP contribution < -0.4 is 4.72 Å². The maximum atomic E-state index is 12.0. The van der Waals surface area contributed by atoms with Crippen LogP contribution in [0.1, 0.15) is 6.92 Å². The number of sulfonamides is 1. The van der Waals surface area contributed by atoms with E-state index in [9.17, 15) is 8.42 Å². The molecule has 0 saturated carbocycles. The fraction of sp³-hybridized carbons (Fsp3) is 0.182. The predicted molar refractivity (Wildman–Crippen MR) is 77.9 cm³/mol. The highest BCUT2D eigenvalue weighted by molar-refractivity contribution is 14.1. The lowest BCUT2D eigenvalue weighted by Crippen LogP contribution is -2.13. The van der Waals surface area contributed by atoms with Crippen molar-refractivity contribution in [2.24, 2.45) is 0 Å². The lowest BCUT2D eigenvalue weighted by Gasteiger charge is -2.05. The lowest BCUT2D eigenvalue weighted by atomic mass is 10.3. The van der Waals surface area contributed by atoms with E-state index in [1.165, 1.54) is 12.5 Å². The first-order valence-electron chi connectivity index (χ1n) is 5.31. The number of aryl methyl sites for hydroxylation is 1. The van der Waals surface area contributed by atoms with Gasteiger partial charge in [0.05, 0.1) is 6.33 Å². The van der Waals surface area contributed by atoms with Crippen LogP contribution in [0.3, 0.4) is 0 Å². The summed E-state index contributed by atoms with van der Waals surface area (Å²) in [4.78, 5) is 3.88. The van der Waals surface area contributed by atoms with E-state index in [0.717, 1.165) is 3.57 Å². The molecule has 0 aliphatic heterocycles. The van der Waals surface area contributed by atoms with E-state index in [1.54, 1.807) is 16.7 Å². The molecule has 0 saturated heterocycles. The summed E-state index contributed by atoms with van der Waals surface area (Å²) >= 11 is 2.16. The first-order chi connectivity index (χ1) is 8.51. The van der Waals surface area contributed by atoms with Crippen molar-refractivity contribution in [2.75, 3.05) is 4.72 Å². The van der Waals surface area contributed by atoms with Gasteiger partial charge in [0.25, 0.3) is 10.0 Å². The number of halogens is 1. The van der Waals surface area contributed by atoms with Gasteiger partial charge in [-0.3, -0.25) is 4.72 Å². The van der Waals surface area contributed by atoms with Gasteiger partial charge in [-0.15, -0.1) is 0 Å². The molecule has 1 heterocycles. The van der Waals surface area contributed by atoms with Gasteiger partial charge in [0, 0.05) is 22.0 Å². The third kappa shape index (κ3) is 3.02. The number of nitrogens with one attached hydrogen (secondary N) is 1. The van der Waals surface area contributed by atoms with Crippen molar-refractivity contribution in [1.29, 1.82) is 0 Å². The van der Waals surface area contributed by atoms with Crippen LogP contribution in [0.15, 0.2) is 41.8 Å². The number of benzene rings is 1. The molecular formula is C11H12IN3O2S. The topological polar surface area (TPSA) is 64.0 Å². The Kier molecular flexibility index (Phi) is 3.91. The molecule has 18 heavy (non-hydrogen) atoms. The van der Waals surface area contributed by atoms with Crippen LogP contribution >= 0.6 is 22.6 Å². The van der Waals surface area contributed by atoms with E-state index in [-0.39, 0.29) is 5.03 Å². The van der Waals surface area contributed by atoms with Gasteiger partial charge in [0.2, 0.25) is 0 Å². The van der Waals surface area contributed by atoms with Crippen LogP contribution in [-0.2, 0) is 16.6 Å². The Hall–Kier alpha value is -1.09. The van der Waals surface area contributed by atoms with Gasteiger partial charge in [-0.05, 0) is 53.8 Å². The Morgan fingerprint density at radius 3 is 2.56 bits per heavy atom. The van der Waals surface area contributed by atoms with Crippen LogP contribution in [0, 0.1) is 3.57 Å². The van der Waals surface area contributed by atoms with Gasteiger partial charge in [0.1, 0.15) is 0 Å². The second-order valence-electron chi connectivity index (χ2n) is 3.65. The number of rotatable bonds is 4. The molecule has 1 aromatic heterocycles. The number of hydrogen-bond acceptors (Lipinski definition) is 3. The zero-order valence-electron chi connectivity index (χ0n) is 9.67. The van der Waals surface area contributed by atoms with Gasteiger partial charge < -0.3 is 4.57 Å². The molecule has 0 atom stereocenters. The van der Waals surface area contributed by atoms with Crippen LogP contribution in [0.2, 0.25) is 0 Å². The van der Waals surface area contributed by atoms with Crippen molar-refractivity contribution in [3.05, 3.63) is 40.4 Å². The summed E-state index contributed by atoms with van der Waals surface area (Å²) in [6.07, 6.45) is 3.01. The van der Waals surface area contributed by atoms with Crippen LogP contribution in [0.4, 0.5) is 5.69 Å². The van der Waals surface area contributed by atoms with E-state index in [0.29, 0.717) is 12.2 Å². The van der Waals surface area contributed by atoms with Gasteiger partial charge in [-0.25, -0.2) is 4.98 Å². The van der Waals surface area contributed by atoms with Gasteiger partial charge in [-0.1, -0.05) is 0 Å². The summed E-state index contributed by atoms with van der Waals surface area (Å²) in [7, 11) is -3.60. The van der Waals surface area contributed by atoms with Crippen LogP contribution in [-0.4, -0.2) is 18.0 Å². The second-order valence-corrected chi connectivity index (χ2v) is 6.53. The molecule has 1 aromatic carbocycles. The summed E-state index contributed by atoms with van der Waals surface area (Å²) < 4.78 is 29.3. The highest BCUT2D eigenvalue weighted by atomic mass is 127. The number of anilines is 1. The van der Waals surface area contributed by atoms with Crippen molar-refractivity contribution in [3.8, 4) is 0 Å². The fourth-order valence-electron chi connectivity index (χ4n) is 1.38. The maximum Gasteiger partial charge on any atom is 0.280 e. The molecule has 1 N–H and O–H groups in total. The molecule has 0 amide bonds. The average molecular weight is 377 g/mol. The summed E-state index contributed by atoms with van der Waals surface area (Å²) in [5, 5.41) is 0.0305. The Bertz CT molecular complexity index is 635. The second kappa shape index (κ2) is 5.27. The van der Waals surface area contributed by atoms with E-state index >= 15 is 0 Å². The minimum Gasteiger partial charge on any atom is -0.336 e. The number of aromatic nitrogens is 2. The van der Waals surface area contributed by atoms with Crippen molar-refractivity contribution in [3.63, 3.8) is 0 Å². The van der Waals surface area contributed by atoms with Gasteiger partial charge in [0.15, 0.2) is 5.03 Å². The molecule has 0 aliphatic carbocycles. The first kappa shape index (κ1) is 13.3. The SMILES string of the molecule is CCn1cnc(S(=O)(=O)Nc2ccc(I)cc2)c1. The van der Waals surface area contributed by atoms with E-state index in [2.05, 4.69) is 32.3 Å². The van der Waals surface area contributed by atoms with Crippen molar-refractivity contribution in [2.45, 2.75) is 18.5 Å². The van der Waals surface area contributed by atoms with Gasteiger partial charge >= 0.3 is 0 Å². The standard InChI is InChI=1S/C11H12IN3O2S/c1-2-15-7-11(13-8-15)18(16,17)14-10-5-3-9(12)4-6-10/h3-8,14H,2H2,1H3. The number of imidazole rings is 1. The minimum absolute atomic E-state index is 0.0305. The predicted octanol–water partition coefficient (Wildman–Crippen LogP) is 2.31. The summed E-state index contributed by atoms with van der Waals surface area (Å²) in [6, 6.07) is 7.11. The summed E-state index contributed by atoms with van der Waals surface area (Å²) in [5.74, 6) is 0. The molecule has 0 fully saturated rings. The Balaban J connectivity index is 2.24. The lowest BCUT2D eigenvalue weighted by molar-refractivity contribution is 0.598. The molecular weight excluding hydrogens is 365 g/mol. The third-order valence-electron chi connectivity index (χ3n) is 2.35. The van der Waals surface area contributed by atoms with Gasteiger partial charge in [-0.2, -0.15) is 8.42 Å². The molecule has 2 aromatic rings. The summed E-state index contributed by atoms with van der Waals surface area (Å²) in [6.45, 7) is 2.61. The number of nitrogens with zero attached hydrogens (tertiary/aromatic N) is 2. The monoisotopic (exact) mass is 377 g/mol. The quantitative estimate of drug-likeness (QED) is 0.832. The number of hydrogen-bond donors (Lipinski definition) is 1. The van der Waals surface area contributed by atoms with E-state index < -0.39 is 10.0 Å². The highest BCUT2D eigenvalue weighted by Gasteiger charge is 2.17. The Morgan fingerprint density at radius 1 is 1.33 bits per heavy atom. The van der Waals surface area contributed by atoms with Crippen molar-refractivity contribution < 1.29 is 8.42 Å². The minimum atomic E-state index is -3.60. The molecule has 96 valence electrons. The molecule has 2 rings (SSSR count). The zero-order chi connectivity index (χ0) is 13.2. The zero-order valence-corrected chi connectivity index (χ0v) is 12.6. The first-order valence-corrected chi connectivity index (χ1v) is 7.87. The van der Waals surface area contributed by atoms with Crippen molar-refractivity contribution >= 4 is 38.3 Å². The van der Waals surface area contributed by atoms with Crippen LogP contribution in [0.5, 0.6) is 0 Å². The largest absolute Gasteiger partial charge is 0.336 e. The third-order valence-corrected chi connectivity index (χ3v) is 4.33. The maximum absolute atomic E-state index is 12.0. The molecule has 0 spiro atoms. The van der Waals surface area contributed by atoms with Crippen LogP contribution in [0.25, 0.3) is 0 Å². The Labute approximate surface area is 119 Å². The highest BCUT2D eigenvalue weighted by Crippen LogP contribution is 2.16. The molecule has 7 heteroatoms. The average Bonchev–Trinajstić information content (AvgIpc) is 2.81. The molecule has 0 aliphatic rings. The summed E-state index contributed by atoms with van der Waals surface area (Å²) in [5.41, 5.74) is 0.529. The molecule has 5 nitrogen and oxygen atoms in total. The molecule has 0 bridgehead atoms. The van der Waals surface area contributed by atoms with Crippen molar-refractivity contribution in [1.82, 2.24) is 9.55 Å². The van der Waals surface area contributed by atoms with E-state index in [1.807, 2.05) is 19.1 Å². The van der Waals surface area contributed by atoms with E-state index in [4.69, 9.17) is 0 Å². The smallest absolute Gasteiger partial charge is 0.280 e. The fourth-order valence-corrected chi connectivity index (χ4v) is 2.75. The molecule has 0 radical (unpaired) electrons. The molecule has 0 unspecified atom stereocenters. The Morgan fingerprint density at radius 2 is 2.00 bits per heavy atom.